The maximum Gasteiger partial charge on any atom is 0.234 e. The Kier molecular flexibility index (Phi) is 5.34. The highest BCUT2D eigenvalue weighted by Crippen LogP contribution is 2.19. The Morgan fingerprint density at radius 2 is 2.11 bits per heavy atom. The van der Waals surface area contributed by atoms with E-state index in [-0.39, 0.29) is 5.41 Å². The zero-order chi connectivity index (χ0) is 13.6. The molecule has 2 N–H and O–H groups in total. The summed E-state index contributed by atoms with van der Waals surface area (Å²) >= 11 is 0. The van der Waals surface area contributed by atoms with E-state index in [0.717, 1.165) is 18.8 Å². The zero-order valence-corrected chi connectivity index (χ0v) is 11.8. The van der Waals surface area contributed by atoms with Gasteiger partial charge in [0.1, 0.15) is 0 Å². The fourth-order valence-corrected chi connectivity index (χ4v) is 1.59. The number of hydrogen-bond donors (Lipinski definition) is 1. The van der Waals surface area contributed by atoms with Crippen molar-refractivity contribution >= 4 is 5.82 Å². The van der Waals surface area contributed by atoms with Crippen LogP contribution in [-0.4, -0.2) is 36.7 Å². The third-order valence-electron chi connectivity index (χ3n) is 2.66. The van der Waals surface area contributed by atoms with Crippen LogP contribution in [0.4, 0.5) is 5.82 Å². The summed E-state index contributed by atoms with van der Waals surface area (Å²) < 4.78 is 5.48. The van der Waals surface area contributed by atoms with Gasteiger partial charge in [0.15, 0.2) is 5.82 Å². The second-order valence-corrected chi connectivity index (χ2v) is 5.29. The fourth-order valence-electron chi connectivity index (χ4n) is 1.59. The summed E-state index contributed by atoms with van der Waals surface area (Å²) in [7, 11) is 1.99. The van der Waals surface area contributed by atoms with Gasteiger partial charge in [-0.1, -0.05) is 20.8 Å². The standard InChI is InChI=1S/C13H24N4O/c1-5-6-18-12-8-15-7-11(16-12)17(4)10-13(2,3)9-14/h7-8H,5-6,9-10,14H2,1-4H3. The predicted molar refractivity (Wildman–Crippen MR) is 73.9 cm³/mol. The molecular weight excluding hydrogens is 228 g/mol. The number of ether oxygens (including phenoxy) is 1. The number of rotatable bonds is 7. The lowest BCUT2D eigenvalue weighted by molar-refractivity contribution is 0.303. The molecule has 0 spiro atoms. The molecule has 5 nitrogen and oxygen atoms in total. The minimum absolute atomic E-state index is 0.0523. The first-order valence-corrected chi connectivity index (χ1v) is 6.34. The lowest BCUT2D eigenvalue weighted by Gasteiger charge is -2.29. The van der Waals surface area contributed by atoms with Gasteiger partial charge in [-0.25, -0.2) is 0 Å². The molecule has 18 heavy (non-hydrogen) atoms. The summed E-state index contributed by atoms with van der Waals surface area (Å²) in [6.45, 7) is 8.46. The van der Waals surface area contributed by atoms with Crippen molar-refractivity contribution in [3.8, 4) is 5.88 Å². The first-order chi connectivity index (χ1) is 8.48. The topological polar surface area (TPSA) is 64.3 Å². The summed E-state index contributed by atoms with van der Waals surface area (Å²) in [6, 6.07) is 0. The Bertz CT molecular complexity index is 368. The van der Waals surface area contributed by atoms with Gasteiger partial charge in [0.2, 0.25) is 5.88 Å². The highest BCUT2D eigenvalue weighted by molar-refractivity contribution is 5.36. The minimum atomic E-state index is 0.0523. The summed E-state index contributed by atoms with van der Waals surface area (Å²) in [5.41, 5.74) is 5.79. The largest absolute Gasteiger partial charge is 0.477 e. The van der Waals surface area contributed by atoms with Crippen LogP contribution in [0.1, 0.15) is 27.2 Å². The molecule has 1 heterocycles. The molecule has 0 aliphatic rings. The summed E-state index contributed by atoms with van der Waals surface area (Å²) in [5, 5.41) is 0. The van der Waals surface area contributed by atoms with E-state index >= 15 is 0 Å². The van der Waals surface area contributed by atoms with Crippen LogP contribution in [0, 0.1) is 5.41 Å². The molecule has 1 rings (SSSR count). The van der Waals surface area contributed by atoms with Crippen LogP contribution >= 0.6 is 0 Å². The van der Waals surface area contributed by atoms with Crippen LogP contribution in [0.5, 0.6) is 5.88 Å². The molecule has 102 valence electrons. The summed E-state index contributed by atoms with van der Waals surface area (Å²) in [6.07, 6.45) is 4.34. The summed E-state index contributed by atoms with van der Waals surface area (Å²) in [4.78, 5) is 10.6. The summed E-state index contributed by atoms with van der Waals surface area (Å²) in [5.74, 6) is 1.39. The Labute approximate surface area is 109 Å². The van der Waals surface area contributed by atoms with Crippen molar-refractivity contribution in [3.05, 3.63) is 12.4 Å². The SMILES string of the molecule is CCCOc1cncc(N(C)CC(C)(C)CN)n1. The van der Waals surface area contributed by atoms with Crippen molar-refractivity contribution in [2.24, 2.45) is 11.1 Å². The van der Waals surface area contributed by atoms with Gasteiger partial charge in [-0.2, -0.15) is 4.98 Å². The van der Waals surface area contributed by atoms with Gasteiger partial charge in [-0.3, -0.25) is 4.98 Å². The van der Waals surface area contributed by atoms with E-state index in [0.29, 0.717) is 19.0 Å². The van der Waals surface area contributed by atoms with Gasteiger partial charge in [0.05, 0.1) is 19.0 Å². The first kappa shape index (κ1) is 14.7. The van der Waals surface area contributed by atoms with Crippen molar-refractivity contribution in [3.63, 3.8) is 0 Å². The lowest BCUT2D eigenvalue weighted by Crippen LogP contribution is -2.37. The molecule has 0 aromatic carbocycles. The van der Waals surface area contributed by atoms with Crippen LogP contribution in [0.2, 0.25) is 0 Å². The van der Waals surface area contributed by atoms with Crippen molar-refractivity contribution in [1.82, 2.24) is 9.97 Å². The van der Waals surface area contributed by atoms with E-state index in [1.807, 2.05) is 7.05 Å². The molecule has 0 atom stereocenters. The molecule has 5 heteroatoms. The Morgan fingerprint density at radius 3 is 2.72 bits per heavy atom. The average Bonchev–Trinajstić information content (AvgIpc) is 2.36. The lowest BCUT2D eigenvalue weighted by atomic mass is 9.93. The molecule has 1 aromatic rings. The van der Waals surface area contributed by atoms with Crippen molar-refractivity contribution < 1.29 is 4.74 Å². The van der Waals surface area contributed by atoms with E-state index in [1.165, 1.54) is 0 Å². The van der Waals surface area contributed by atoms with E-state index < -0.39 is 0 Å². The molecular formula is C13H24N4O. The Hall–Kier alpha value is -1.36. The van der Waals surface area contributed by atoms with Crippen LogP contribution < -0.4 is 15.4 Å². The van der Waals surface area contributed by atoms with Crippen molar-refractivity contribution in [1.29, 1.82) is 0 Å². The second kappa shape index (κ2) is 6.54. The molecule has 0 saturated heterocycles. The second-order valence-electron chi connectivity index (χ2n) is 5.29. The molecule has 0 bridgehead atoms. The number of anilines is 1. The van der Waals surface area contributed by atoms with Gasteiger partial charge in [-0.05, 0) is 18.4 Å². The van der Waals surface area contributed by atoms with Gasteiger partial charge >= 0.3 is 0 Å². The normalized spacial score (nSPS) is 11.4. The van der Waals surface area contributed by atoms with E-state index in [9.17, 15) is 0 Å². The number of nitrogens with two attached hydrogens (primary N) is 1. The van der Waals surface area contributed by atoms with Gasteiger partial charge in [-0.15, -0.1) is 0 Å². The number of hydrogen-bond acceptors (Lipinski definition) is 5. The third kappa shape index (κ3) is 4.49. The minimum Gasteiger partial charge on any atom is -0.477 e. The van der Waals surface area contributed by atoms with Gasteiger partial charge in [0, 0.05) is 13.6 Å². The van der Waals surface area contributed by atoms with Gasteiger partial charge in [0.25, 0.3) is 0 Å². The van der Waals surface area contributed by atoms with Crippen LogP contribution in [-0.2, 0) is 0 Å². The predicted octanol–water partition coefficient (Wildman–Crippen LogP) is 1.69. The molecule has 0 radical (unpaired) electrons. The third-order valence-corrected chi connectivity index (χ3v) is 2.66. The molecule has 0 aliphatic heterocycles. The molecule has 0 amide bonds. The van der Waals surface area contributed by atoms with Crippen molar-refractivity contribution in [2.75, 3.05) is 31.6 Å². The number of nitrogens with zero attached hydrogens (tertiary/aromatic N) is 3. The average molecular weight is 252 g/mol. The maximum absolute atomic E-state index is 5.74. The molecule has 1 aromatic heterocycles. The Morgan fingerprint density at radius 1 is 1.39 bits per heavy atom. The molecule has 0 fully saturated rings. The highest BCUT2D eigenvalue weighted by Gasteiger charge is 2.19. The quantitative estimate of drug-likeness (QED) is 0.800. The number of aromatic nitrogens is 2. The van der Waals surface area contributed by atoms with Crippen LogP contribution in [0.3, 0.4) is 0 Å². The smallest absolute Gasteiger partial charge is 0.234 e. The molecule has 0 aliphatic carbocycles. The maximum atomic E-state index is 5.74. The van der Waals surface area contributed by atoms with E-state index in [2.05, 4.69) is 35.6 Å². The Balaban J connectivity index is 2.70. The molecule has 0 saturated carbocycles. The van der Waals surface area contributed by atoms with E-state index in [4.69, 9.17) is 10.5 Å². The van der Waals surface area contributed by atoms with E-state index in [1.54, 1.807) is 12.4 Å². The fraction of sp³-hybridized carbons (Fsp3) is 0.692. The van der Waals surface area contributed by atoms with Crippen LogP contribution in [0.15, 0.2) is 12.4 Å². The first-order valence-electron chi connectivity index (χ1n) is 6.34. The molecule has 0 unspecified atom stereocenters. The van der Waals surface area contributed by atoms with Crippen LogP contribution in [0.25, 0.3) is 0 Å². The monoisotopic (exact) mass is 252 g/mol. The zero-order valence-electron chi connectivity index (χ0n) is 11.8. The van der Waals surface area contributed by atoms with Gasteiger partial charge < -0.3 is 15.4 Å². The highest BCUT2D eigenvalue weighted by atomic mass is 16.5. The van der Waals surface area contributed by atoms with Crippen molar-refractivity contribution in [2.45, 2.75) is 27.2 Å².